The van der Waals surface area contributed by atoms with E-state index in [1.54, 1.807) is 67.5 Å². The van der Waals surface area contributed by atoms with E-state index in [9.17, 15) is 39.6 Å². The van der Waals surface area contributed by atoms with Gasteiger partial charge in [-0.3, -0.25) is 9.59 Å². The van der Waals surface area contributed by atoms with E-state index in [1.165, 1.54) is 6.07 Å². The predicted octanol–water partition coefficient (Wildman–Crippen LogP) is 7.51. The van der Waals surface area contributed by atoms with Crippen LogP contribution in [0.2, 0.25) is 0 Å². The van der Waals surface area contributed by atoms with E-state index >= 15 is 0 Å². The first-order valence-electron chi connectivity index (χ1n) is 23.1. The Morgan fingerprint density at radius 2 is 0.871 bits per heavy atom. The fourth-order valence-electron chi connectivity index (χ4n) is 5.91. The van der Waals surface area contributed by atoms with Crippen LogP contribution < -0.4 is 20.1 Å². The van der Waals surface area contributed by atoms with Gasteiger partial charge in [0.1, 0.15) is 51.8 Å². The Morgan fingerprint density at radius 1 is 0.514 bits per heavy atom. The van der Waals surface area contributed by atoms with Gasteiger partial charge in [0.2, 0.25) is 0 Å². The maximum absolute atomic E-state index is 13.1. The zero-order valence-electron chi connectivity index (χ0n) is 42.8. The van der Waals surface area contributed by atoms with Gasteiger partial charge in [-0.15, -0.1) is 0 Å². The van der Waals surface area contributed by atoms with Crippen molar-refractivity contribution in [3.8, 4) is 23.0 Å². The summed E-state index contributed by atoms with van der Waals surface area (Å²) in [6.07, 6.45) is -1.94. The molecule has 16 heteroatoms. The number of hydrogen-bond donors (Lipinski definition) is 6. The zero-order chi connectivity index (χ0) is 52.5. The lowest BCUT2D eigenvalue weighted by Gasteiger charge is -2.28. The van der Waals surface area contributed by atoms with E-state index in [1.807, 2.05) is 88.4 Å². The van der Waals surface area contributed by atoms with E-state index in [0.717, 1.165) is 17.2 Å². The van der Waals surface area contributed by atoms with Crippen molar-refractivity contribution in [2.75, 3.05) is 39.5 Å². The maximum atomic E-state index is 13.1. The van der Waals surface area contributed by atoms with E-state index in [0.29, 0.717) is 41.4 Å². The minimum absolute atomic E-state index is 0.102. The van der Waals surface area contributed by atoms with Crippen LogP contribution in [0.5, 0.6) is 23.0 Å². The monoisotopic (exact) mass is 975 g/mol. The van der Waals surface area contributed by atoms with Crippen LogP contribution >= 0.6 is 0 Å². The summed E-state index contributed by atoms with van der Waals surface area (Å²) in [7, 11) is 0. The Kier molecular flexibility index (Phi) is 21.7. The molecule has 70 heavy (non-hydrogen) atoms. The summed E-state index contributed by atoms with van der Waals surface area (Å²) in [5.41, 5.74) is 1.15. The molecule has 0 amide bonds. The van der Waals surface area contributed by atoms with Gasteiger partial charge in [0.15, 0.2) is 23.0 Å². The number of hydrogen-bond acceptors (Lipinski definition) is 16. The molecule has 0 aromatic heterocycles. The van der Waals surface area contributed by atoms with Gasteiger partial charge in [-0.05, 0) is 130 Å². The molecule has 0 aliphatic heterocycles. The number of aliphatic hydroxyl groups is 2. The minimum atomic E-state index is -0.979. The van der Waals surface area contributed by atoms with Crippen LogP contribution in [-0.4, -0.2) is 107 Å². The number of aromatic hydroxyl groups is 2. The summed E-state index contributed by atoms with van der Waals surface area (Å²) < 4.78 is 33.4. The first-order chi connectivity index (χ1) is 32.6. The summed E-state index contributed by atoms with van der Waals surface area (Å²) in [6, 6.07) is 25.3. The minimum Gasteiger partial charge on any atom is -0.504 e. The van der Waals surface area contributed by atoms with Crippen molar-refractivity contribution in [1.29, 1.82) is 0 Å². The number of phenols is 2. The Morgan fingerprint density at radius 3 is 1.27 bits per heavy atom. The first kappa shape index (κ1) is 58.1. The zero-order valence-corrected chi connectivity index (χ0v) is 42.8. The van der Waals surface area contributed by atoms with Gasteiger partial charge >= 0.3 is 23.9 Å². The summed E-state index contributed by atoms with van der Waals surface area (Å²) >= 11 is 0. The van der Waals surface area contributed by atoms with Gasteiger partial charge in [0.25, 0.3) is 0 Å². The Bertz CT molecular complexity index is 2320. The number of rotatable bonds is 22. The molecule has 0 aliphatic rings. The number of benzene rings is 4. The van der Waals surface area contributed by atoms with E-state index in [4.69, 9.17) is 28.4 Å². The second-order valence-corrected chi connectivity index (χ2v) is 20.5. The number of esters is 4. The Hall–Kier alpha value is -6.20. The lowest BCUT2D eigenvalue weighted by molar-refractivity contribution is -0.155. The second kappa shape index (κ2) is 26.1. The number of aliphatic hydroxyl groups excluding tert-OH is 2. The number of carbonyl (C=O) groups is 4. The molecule has 0 unspecified atom stereocenters. The SMILES string of the molecule is Cc1cc(O)c(O)cc1C(=O)OC[C@@H](O)CNC(C)(C)COC(=O)C(C)(C)C.Cc1cc(OCc2ccccc2)c(OCc2ccccc2)cc1C(=O)OC[C@@H](O)CNC(C)(C)COC(=O)C(C)(C)C. The highest BCUT2D eigenvalue weighted by Gasteiger charge is 2.29. The van der Waals surface area contributed by atoms with Crippen LogP contribution in [0.3, 0.4) is 0 Å². The highest BCUT2D eigenvalue weighted by Crippen LogP contribution is 2.33. The predicted molar refractivity (Wildman–Crippen MR) is 265 cm³/mol. The van der Waals surface area contributed by atoms with E-state index in [2.05, 4.69) is 10.6 Å². The number of ether oxygens (including phenoxy) is 6. The fraction of sp³-hybridized carbons (Fsp3) is 0.481. The molecule has 0 radical (unpaired) electrons. The maximum Gasteiger partial charge on any atom is 0.338 e. The average molecular weight is 975 g/mol. The van der Waals surface area contributed by atoms with E-state index < -0.39 is 51.8 Å². The summed E-state index contributed by atoms with van der Waals surface area (Å²) in [6.45, 7) is 22.1. The highest BCUT2D eigenvalue weighted by molar-refractivity contribution is 5.92. The van der Waals surface area contributed by atoms with Crippen molar-refractivity contribution in [3.05, 3.63) is 118 Å². The average Bonchev–Trinajstić information content (AvgIpc) is 3.30. The molecule has 4 aromatic rings. The van der Waals surface area contributed by atoms with Gasteiger partial charge in [0, 0.05) is 24.2 Å². The molecule has 16 nitrogen and oxygen atoms in total. The molecule has 2 atom stereocenters. The van der Waals surface area contributed by atoms with Crippen molar-refractivity contribution in [2.45, 2.75) is 120 Å². The van der Waals surface area contributed by atoms with Crippen LogP contribution in [0.1, 0.15) is 112 Å². The van der Waals surface area contributed by atoms with Gasteiger partial charge in [-0.25, -0.2) is 9.59 Å². The lowest BCUT2D eigenvalue weighted by atomic mass is 9.97. The third-order valence-corrected chi connectivity index (χ3v) is 10.3. The standard InChI is InChI=1S/C34H43NO7.C20H31NO7/c1-24-17-29(39-20-25-13-9-7-10-14-25)30(40-21-26-15-11-8-12-16-26)18-28(24)31(37)41-22-27(36)19-35-34(5,6)23-42-32(38)33(2,3)4;1-12-7-15(23)16(24)8-14(12)17(25)27-10-13(22)9-21-20(5,6)11-28-18(26)19(2,3)4/h7-18,27,35-36H,19-23H2,1-6H3;7-8,13,21-24H,9-11H2,1-6H3/t27-;13-/m00/s1. The number of β-amino-alcohol motifs (C(OH)–C–C–N with tert-alkyl or cyclic N) is 2. The van der Waals surface area contributed by atoms with Crippen LogP contribution in [-0.2, 0) is 41.8 Å². The number of aryl methyl sites for hydroxylation is 2. The molecule has 0 bridgehead atoms. The van der Waals surface area contributed by atoms with Crippen molar-refractivity contribution < 1.29 is 68.0 Å². The molecular formula is C54H74N2O14. The normalized spacial score (nSPS) is 12.7. The number of phenolic OH excluding ortho intramolecular Hbond substituents is 2. The largest absolute Gasteiger partial charge is 0.504 e. The third kappa shape index (κ3) is 20.4. The third-order valence-electron chi connectivity index (χ3n) is 10.3. The second-order valence-electron chi connectivity index (χ2n) is 20.5. The number of carbonyl (C=O) groups excluding carboxylic acids is 4. The Balaban J connectivity index is 0.000000403. The smallest absolute Gasteiger partial charge is 0.338 e. The molecule has 6 N–H and O–H groups in total. The molecule has 4 aromatic carbocycles. The fourth-order valence-corrected chi connectivity index (χ4v) is 5.91. The Labute approximate surface area is 412 Å². The van der Waals surface area contributed by atoms with Gasteiger partial charge in [-0.1, -0.05) is 60.7 Å². The van der Waals surface area contributed by atoms with Crippen LogP contribution in [0.4, 0.5) is 0 Å². The van der Waals surface area contributed by atoms with Crippen molar-refractivity contribution in [1.82, 2.24) is 10.6 Å². The van der Waals surface area contributed by atoms with Crippen molar-refractivity contribution in [3.63, 3.8) is 0 Å². The molecule has 384 valence electrons. The summed E-state index contributed by atoms with van der Waals surface area (Å²) in [5.74, 6) is -1.73. The molecular weight excluding hydrogens is 901 g/mol. The quantitative estimate of drug-likeness (QED) is 0.0254. The van der Waals surface area contributed by atoms with Gasteiger partial charge in [0.05, 0.1) is 22.0 Å². The summed E-state index contributed by atoms with van der Waals surface area (Å²) in [4.78, 5) is 49.1. The molecule has 0 saturated carbocycles. The van der Waals surface area contributed by atoms with Crippen LogP contribution in [0.15, 0.2) is 84.9 Å². The molecule has 0 heterocycles. The van der Waals surface area contributed by atoms with Gasteiger partial charge < -0.3 is 59.5 Å². The lowest BCUT2D eigenvalue weighted by Crippen LogP contribution is -2.48. The topological polar surface area (TPSA) is 229 Å². The number of nitrogens with one attached hydrogen (secondary N) is 2. The van der Waals surface area contributed by atoms with Crippen LogP contribution in [0.25, 0.3) is 0 Å². The molecule has 0 aliphatic carbocycles. The summed E-state index contributed by atoms with van der Waals surface area (Å²) in [5, 5.41) is 45.7. The van der Waals surface area contributed by atoms with Crippen LogP contribution in [0, 0.1) is 24.7 Å². The molecule has 4 rings (SSSR count). The van der Waals surface area contributed by atoms with Crippen molar-refractivity contribution >= 4 is 23.9 Å². The molecule has 0 spiro atoms. The molecule has 0 saturated heterocycles. The van der Waals surface area contributed by atoms with Crippen molar-refractivity contribution in [2.24, 2.45) is 10.8 Å². The molecule has 0 fully saturated rings. The first-order valence-corrected chi connectivity index (χ1v) is 23.1. The highest BCUT2D eigenvalue weighted by atomic mass is 16.6. The van der Waals surface area contributed by atoms with E-state index in [-0.39, 0.29) is 62.8 Å². The van der Waals surface area contributed by atoms with Gasteiger partial charge in [-0.2, -0.15) is 0 Å².